The van der Waals surface area contributed by atoms with Crippen molar-refractivity contribution in [2.75, 3.05) is 0 Å². The Labute approximate surface area is 153 Å². The molecule has 8 nitrogen and oxygen atoms in total. The molecule has 27 heavy (non-hydrogen) atoms. The Morgan fingerprint density at radius 2 is 1.67 bits per heavy atom. The van der Waals surface area contributed by atoms with Gasteiger partial charge < -0.3 is 24.4 Å². The van der Waals surface area contributed by atoms with Crippen molar-refractivity contribution >= 4 is 17.7 Å². The highest BCUT2D eigenvalue weighted by molar-refractivity contribution is 6.07. The summed E-state index contributed by atoms with van der Waals surface area (Å²) in [6.45, 7) is 2.33. The molecule has 0 aliphatic carbocycles. The van der Waals surface area contributed by atoms with Crippen LogP contribution in [0.4, 0.5) is 0 Å². The molecule has 0 amide bonds. The number of benzene rings is 2. The van der Waals surface area contributed by atoms with Crippen molar-refractivity contribution in [2.45, 2.75) is 26.1 Å². The number of carbonyl (C=O) groups excluding carboxylic acids is 3. The van der Waals surface area contributed by atoms with Crippen LogP contribution in [0.2, 0.25) is 0 Å². The molecule has 140 valence electrons. The number of rotatable bonds is 3. The van der Waals surface area contributed by atoms with Crippen molar-refractivity contribution in [3.05, 3.63) is 47.5 Å². The molecule has 2 unspecified atom stereocenters. The highest BCUT2D eigenvalue weighted by Crippen LogP contribution is 2.43. The summed E-state index contributed by atoms with van der Waals surface area (Å²) in [7, 11) is 0. The number of ketones is 1. The number of fused-ring (bicyclic) bond motifs is 1. The first-order valence-electron chi connectivity index (χ1n) is 7.98. The number of hydrogen-bond acceptors (Lipinski definition) is 8. The van der Waals surface area contributed by atoms with Crippen LogP contribution in [0.3, 0.4) is 0 Å². The fourth-order valence-electron chi connectivity index (χ4n) is 2.87. The lowest BCUT2D eigenvalue weighted by Gasteiger charge is -2.32. The molecule has 0 aromatic heterocycles. The molecule has 0 saturated carbocycles. The summed E-state index contributed by atoms with van der Waals surface area (Å²) in [5.41, 5.74) is 0.376. The van der Waals surface area contributed by atoms with Crippen molar-refractivity contribution in [1.29, 1.82) is 0 Å². The minimum Gasteiger partial charge on any atom is -0.508 e. The maximum absolute atomic E-state index is 13.2. The van der Waals surface area contributed by atoms with Crippen LogP contribution in [0.1, 0.15) is 35.7 Å². The second-order valence-electron chi connectivity index (χ2n) is 5.94. The van der Waals surface area contributed by atoms with Gasteiger partial charge >= 0.3 is 11.9 Å². The fraction of sp³-hybridized carbons (Fsp3) is 0.211. The zero-order valence-electron chi connectivity index (χ0n) is 14.5. The lowest BCUT2D eigenvalue weighted by Crippen LogP contribution is -2.39. The summed E-state index contributed by atoms with van der Waals surface area (Å²) in [5, 5.41) is 19.3. The number of phenolic OH excluding ortho intramolecular Hbond substituents is 2. The van der Waals surface area contributed by atoms with Crippen molar-refractivity contribution in [1.82, 2.24) is 0 Å². The van der Waals surface area contributed by atoms with Crippen LogP contribution in [-0.2, 0) is 14.3 Å². The van der Waals surface area contributed by atoms with Crippen molar-refractivity contribution in [2.24, 2.45) is 0 Å². The highest BCUT2D eigenvalue weighted by atomic mass is 16.7. The second kappa shape index (κ2) is 6.99. The van der Waals surface area contributed by atoms with E-state index in [1.54, 1.807) is 0 Å². The van der Waals surface area contributed by atoms with E-state index in [9.17, 15) is 24.6 Å². The first kappa shape index (κ1) is 18.2. The molecular formula is C19H16O8. The van der Waals surface area contributed by atoms with Crippen molar-refractivity contribution < 1.29 is 38.8 Å². The first-order chi connectivity index (χ1) is 12.8. The van der Waals surface area contributed by atoms with Gasteiger partial charge in [0.2, 0.25) is 0 Å². The molecule has 1 aliphatic heterocycles. The van der Waals surface area contributed by atoms with Crippen LogP contribution in [0.5, 0.6) is 23.0 Å². The maximum Gasteiger partial charge on any atom is 0.308 e. The summed E-state index contributed by atoms with van der Waals surface area (Å²) in [6.07, 6.45) is -1.29. The van der Waals surface area contributed by atoms with E-state index in [4.69, 9.17) is 14.2 Å². The number of aromatic hydroxyl groups is 2. The van der Waals surface area contributed by atoms with Crippen LogP contribution in [0, 0.1) is 0 Å². The van der Waals surface area contributed by atoms with Crippen LogP contribution < -0.4 is 9.47 Å². The van der Waals surface area contributed by atoms with Crippen LogP contribution in [0.15, 0.2) is 36.4 Å². The molecule has 0 radical (unpaired) electrons. The fourth-order valence-corrected chi connectivity index (χ4v) is 2.87. The van der Waals surface area contributed by atoms with Gasteiger partial charge in [-0.05, 0) is 17.7 Å². The molecule has 1 aliphatic rings. The number of Topliss-reactive ketones (excluding diaryl/α,β-unsaturated/α-hetero) is 1. The Balaban J connectivity index is 2.14. The number of ether oxygens (including phenoxy) is 3. The highest BCUT2D eigenvalue weighted by Gasteiger charge is 2.42. The smallest absolute Gasteiger partial charge is 0.308 e. The van der Waals surface area contributed by atoms with E-state index >= 15 is 0 Å². The van der Waals surface area contributed by atoms with E-state index in [2.05, 4.69) is 0 Å². The van der Waals surface area contributed by atoms with Gasteiger partial charge in [0.05, 0.1) is 0 Å². The summed E-state index contributed by atoms with van der Waals surface area (Å²) in [6, 6.07) is 8.05. The normalized spacial score (nSPS) is 18.2. The third kappa shape index (κ3) is 3.69. The van der Waals surface area contributed by atoms with Gasteiger partial charge in [-0.3, -0.25) is 14.4 Å². The van der Waals surface area contributed by atoms with Gasteiger partial charge in [-0.25, -0.2) is 0 Å². The lowest BCUT2D eigenvalue weighted by atomic mass is 9.87. The molecule has 0 fully saturated rings. The molecule has 0 bridgehead atoms. The van der Waals surface area contributed by atoms with E-state index < -0.39 is 29.9 Å². The molecule has 2 aromatic carbocycles. The Hall–Kier alpha value is -3.55. The van der Waals surface area contributed by atoms with Gasteiger partial charge in [-0.2, -0.15) is 0 Å². The molecule has 0 spiro atoms. The van der Waals surface area contributed by atoms with Crippen molar-refractivity contribution in [3.63, 3.8) is 0 Å². The third-order valence-corrected chi connectivity index (χ3v) is 3.88. The lowest BCUT2D eigenvalue weighted by molar-refractivity contribution is -0.163. The predicted molar refractivity (Wildman–Crippen MR) is 90.8 cm³/mol. The van der Waals surface area contributed by atoms with E-state index in [1.807, 2.05) is 0 Å². The van der Waals surface area contributed by atoms with Crippen molar-refractivity contribution in [3.8, 4) is 23.0 Å². The van der Waals surface area contributed by atoms with Gasteiger partial charge in [0.1, 0.15) is 34.5 Å². The molecule has 2 atom stereocenters. The van der Waals surface area contributed by atoms with E-state index in [-0.39, 0.29) is 28.6 Å². The zero-order chi connectivity index (χ0) is 19.7. The molecular weight excluding hydrogens is 356 g/mol. The van der Waals surface area contributed by atoms with Gasteiger partial charge in [0.15, 0.2) is 5.78 Å². The third-order valence-electron chi connectivity index (χ3n) is 3.88. The molecule has 8 heteroatoms. The topological polar surface area (TPSA) is 119 Å². The van der Waals surface area contributed by atoms with Crippen LogP contribution in [0.25, 0.3) is 0 Å². The quantitative estimate of drug-likeness (QED) is 0.622. The number of hydrogen-bond donors (Lipinski definition) is 2. The van der Waals surface area contributed by atoms with Gasteiger partial charge in [-0.1, -0.05) is 12.1 Å². The van der Waals surface area contributed by atoms with E-state index in [0.717, 1.165) is 13.0 Å². The predicted octanol–water partition coefficient (Wildman–Crippen LogP) is 2.27. The Morgan fingerprint density at radius 3 is 2.26 bits per heavy atom. The number of phenols is 2. The summed E-state index contributed by atoms with van der Waals surface area (Å²) in [4.78, 5) is 36.0. The minimum absolute atomic E-state index is 0.00196. The second-order valence-corrected chi connectivity index (χ2v) is 5.94. The first-order valence-corrected chi connectivity index (χ1v) is 7.98. The van der Waals surface area contributed by atoms with Gasteiger partial charge in [-0.15, -0.1) is 0 Å². The minimum atomic E-state index is -1.29. The average molecular weight is 372 g/mol. The molecule has 2 N–H and O–H groups in total. The molecule has 1 heterocycles. The number of esters is 2. The van der Waals surface area contributed by atoms with E-state index in [0.29, 0.717) is 5.56 Å². The Bertz CT molecular complexity index is 916. The average Bonchev–Trinajstić information content (AvgIpc) is 2.54. The van der Waals surface area contributed by atoms with Crippen LogP contribution in [-0.4, -0.2) is 34.2 Å². The van der Waals surface area contributed by atoms with Gasteiger partial charge in [0.25, 0.3) is 6.29 Å². The maximum atomic E-state index is 13.2. The van der Waals surface area contributed by atoms with E-state index in [1.165, 1.54) is 37.3 Å². The number of carbonyl (C=O) groups is 3. The molecule has 3 rings (SSSR count). The zero-order valence-corrected chi connectivity index (χ0v) is 14.5. The Morgan fingerprint density at radius 1 is 1.00 bits per heavy atom. The summed E-state index contributed by atoms with van der Waals surface area (Å²) in [5.74, 6) is -3.45. The van der Waals surface area contributed by atoms with Crippen LogP contribution >= 0.6 is 0 Å². The molecule has 2 aromatic rings. The van der Waals surface area contributed by atoms with Gasteiger partial charge in [0, 0.05) is 26.0 Å². The molecule has 0 saturated heterocycles. The SMILES string of the molecule is CC(=O)Oc1cc(O)cc2c1C(=O)C(c1ccc(O)cc1)C(OC(C)=O)O2. The monoisotopic (exact) mass is 372 g/mol. The largest absolute Gasteiger partial charge is 0.508 e. The Kier molecular flexibility index (Phi) is 4.72. The summed E-state index contributed by atoms with van der Waals surface area (Å²) < 4.78 is 15.8. The summed E-state index contributed by atoms with van der Waals surface area (Å²) >= 11 is 0. The standard InChI is InChI=1S/C19H16O8/c1-9(20)25-14-7-13(23)8-15-17(14)18(24)16(19(27-15)26-10(2)21)11-3-5-12(22)6-4-11/h3-8,16,19,22-23H,1-2H3.